The number of hydrogen-bond donors (Lipinski definition) is 1. The molecule has 5 heteroatoms. The summed E-state index contributed by atoms with van der Waals surface area (Å²) in [5, 5.41) is 20.9. The van der Waals surface area contributed by atoms with Gasteiger partial charge in [-0.1, -0.05) is 85.2 Å². The summed E-state index contributed by atoms with van der Waals surface area (Å²) in [4.78, 5) is 2.25. The van der Waals surface area contributed by atoms with Crippen LogP contribution in [0.3, 0.4) is 0 Å². The number of hydrogen-bond acceptors (Lipinski definition) is 3. The minimum atomic E-state index is -0.249. The molecule has 0 unspecified atom stereocenters. The van der Waals surface area contributed by atoms with Crippen LogP contribution in [0.25, 0.3) is 5.57 Å². The second kappa shape index (κ2) is 11.7. The second-order valence-corrected chi connectivity index (χ2v) is 12.6. The van der Waals surface area contributed by atoms with Crippen LogP contribution in [0.1, 0.15) is 83.6 Å². The second-order valence-electron chi connectivity index (χ2n) is 12.4. The van der Waals surface area contributed by atoms with Gasteiger partial charge in [0.1, 0.15) is 11.6 Å². The maximum Gasteiger partial charge on any atom is 0.123 e. The Morgan fingerprint density at radius 3 is 2.19 bits per heavy atom. The fourth-order valence-electron chi connectivity index (χ4n) is 5.47. The van der Waals surface area contributed by atoms with E-state index in [0.29, 0.717) is 18.2 Å². The third kappa shape index (κ3) is 6.76. The largest absolute Gasteiger partial charge is 0.507 e. The van der Waals surface area contributed by atoms with Gasteiger partial charge < -0.3 is 10.0 Å². The van der Waals surface area contributed by atoms with Gasteiger partial charge in [0, 0.05) is 48.0 Å². The van der Waals surface area contributed by atoms with E-state index in [-0.39, 0.29) is 16.7 Å². The van der Waals surface area contributed by atoms with Gasteiger partial charge in [-0.15, -0.1) is 0 Å². The summed E-state index contributed by atoms with van der Waals surface area (Å²) in [6.45, 7) is 16.3. The van der Waals surface area contributed by atoms with E-state index in [1.165, 1.54) is 5.56 Å². The number of allylic oxidation sites excluding steroid dienone is 1. The molecule has 4 nitrogen and oxygen atoms in total. The highest BCUT2D eigenvalue weighted by molar-refractivity contribution is 6.20. The number of nitriles is 1. The van der Waals surface area contributed by atoms with Gasteiger partial charge in [0.25, 0.3) is 0 Å². The first-order chi connectivity index (χ1) is 17.4. The first-order valence-corrected chi connectivity index (χ1v) is 13.7. The predicted octanol–water partition coefficient (Wildman–Crippen LogP) is 8.04. The maximum absolute atomic E-state index is 11.2. The van der Waals surface area contributed by atoms with E-state index in [1.54, 1.807) is 6.08 Å². The molecule has 2 aromatic rings. The van der Waals surface area contributed by atoms with Gasteiger partial charge in [0.15, 0.2) is 0 Å². The quantitative estimate of drug-likeness (QED) is 0.376. The smallest absolute Gasteiger partial charge is 0.123 e. The molecule has 0 aromatic heterocycles. The Bertz CT molecular complexity index is 1140. The Hall–Kier alpha value is -2.77. The molecule has 3 rings (SSSR count). The van der Waals surface area contributed by atoms with Crippen LogP contribution in [0.15, 0.2) is 53.1 Å². The molecule has 2 aromatic carbocycles. The SMILES string of the molecule is CCC[C@H]1CN(C/C(=C\C#N)c2cc(C(C)(C)C)c(O)c(C(C)(C)C)c2)/C(=N\Cl)[C@@H]1Cc1ccccc1. The molecule has 0 aliphatic carbocycles. The lowest BCUT2D eigenvalue weighted by atomic mass is 9.77. The third-order valence-corrected chi connectivity index (χ3v) is 7.59. The van der Waals surface area contributed by atoms with Gasteiger partial charge in [-0.05, 0) is 58.4 Å². The van der Waals surface area contributed by atoms with Gasteiger partial charge in [-0.25, -0.2) is 0 Å². The van der Waals surface area contributed by atoms with Gasteiger partial charge in [0.05, 0.1) is 6.07 Å². The number of amidine groups is 1. The van der Waals surface area contributed by atoms with Crippen molar-refractivity contribution in [3.63, 3.8) is 0 Å². The van der Waals surface area contributed by atoms with E-state index in [1.807, 2.05) is 18.2 Å². The molecular weight excluding hydrogens is 478 g/mol. The van der Waals surface area contributed by atoms with Crippen molar-refractivity contribution in [1.29, 1.82) is 5.26 Å². The van der Waals surface area contributed by atoms with Gasteiger partial charge in [0.2, 0.25) is 0 Å². The average Bonchev–Trinajstić information content (AvgIpc) is 3.13. The highest BCUT2D eigenvalue weighted by atomic mass is 35.5. The van der Waals surface area contributed by atoms with E-state index in [2.05, 4.69) is 88.2 Å². The van der Waals surface area contributed by atoms with Gasteiger partial charge >= 0.3 is 0 Å². The van der Waals surface area contributed by atoms with Crippen LogP contribution in [0.4, 0.5) is 0 Å². The third-order valence-electron chi connectivity index (χ3n) is 7.42. The molecule has 0 bridgehead atoms. The normalized spacial score (nSPS) is 19.9. The highest BCUT2D eigenvalue weighted by Gasteiger charge is 2.38. The minimum absolute atomic E-state index is 0.235. The summed E-state index contributed by atoms with van der Waals surface area (Å²) in [5.41, 5.74) is 4.43. The van der Waals surface area contributed by atoms with Gasteiger partial charge in [-0.2, -0.15) is 9.77 Å². The molecule has 0 spiro atoms. The van der Waals surface area contributed by atoms with Gasteiger partial charge in [-0.3, -0.25) is 0 Å². The summed E-state index contributed by atoms with van der Waals surface area (Å²) >= 11 is 6.26. The van der Waals surface area contributed by atoms with E-state index >= 15 is 0 Å². The number of benzene rings is 2. The Labute approximate surface area is 228 Å². The molecule has 1 aliphatic rings. The number of phenolic OH excluding ortho intramolecular Hbond substituents is 1. The van der Waals surface area contributed by atoms with Crippen molar-refractivity contribution in [2.24, 2.45) is 16.3 Å². The topological polar surface area (TPSA) is 59.6 Å². The van der Waals surface area contributed by atoms with Crippen molar-refractivity contribution in [2.75, 3.05) is 13.1 Å². The number of rotatable bonds is 7. The van der Waals surface area contributed by atoms with E-state index in [9.17, 15) is 10.4 Å². The van der Waals surface area contributed by atoms with Crippen molar-refractivity contribution in [1.82, 2.24) is 4.90 Å². The molecule has 37 heavy (non-hydrogen) atoms. The van der Waals surface area contributed by atoms with E-state index < -0.39 is 0 Å². The van der Waals surface area contributed by atoms with Crippen molar-refractivity contribution in [2.45, 2.75) is 78.6 Å². The average molecular weight is 520 g/mol. The summed E-state index contributed by atoms with van der Waals surface area (Å²) in [6, 6.07) is 16.9. The van der Waals surface area contributed by atoms with Crippen LogP contribution in [0.5, 0.6) is 5.75 Å². The summed E-state index contributed by atoms with van der Waals surface area (Å²) in [6.07, 6.45) is 4.73. The Morgan fingerprint density at radius 2 is 1.70 bits per heavy atom. The van der Waals surface area contributed by atoms with Crippen molar-refractivity contribution >= 4 is 23.2 Å². The van der Waals surface area contributed by atoms with Crippen LogP contribution in [-0.2, 0) is 17.3 Å². The Kier molecular flexibility index (Phi) is 9.13. The molecule has 1 aliphatic heterocycles. The van der Waals surface area contributed by atoms with E-state index in [4.69, 9.17) is 11.8 Å². The van der Waals surface area contributed by atoms with Crippen LogP contribution in [-0.4, -0.2) is 28.9 Å². The predicted molar refractivity (Wildman–Crippen MR) is 156 cm³/mol. The lowest BCUT2D eigenvalue weighted by molar-refractivity contribution is 0.373. The Balaban J connectivity index is 2.03. The molecular formula is C32H42ClN3O. The minimum Gasteiger partial charge on any atom is -0.507 e. The standard InChI is InChI=1S/C32H42ClN3O/c1-8-12-24-21-36(30(35-33)26(24)17-22-13-10-9-11-14-22)20-23(15-16-34)25-18-27(31(2,3)4)29(37)28(19-25)32(5,6)7/h9-11,13-15,18-19,24,26,37H,8,12,17,20-21H2,1-7H3/b23-15+,35-30-/t24-,26+/m0/s1. The molecule has 1 saturated heterocycles. The maximum atomic E-state index is 11.2. The molecule has 0 radical (unpaired) electrons. The lowest BCUT2D eigenvalue weighted by Gasteiger charge is -2.29. The number of likely N-dealkylation sites (tertiary alicyclic amines) is 1. The molecule has 0 saturated carbocycles. The number of aromatic hydroxyl groups is 1. The molecule has 1 N–H and O–H groups in total. The monoisotopic (exact) mass is 519 g/mol. The van der Waals surface area contributed by atoms with Crippen molar-refractivity contribution in [3.05, 3.63) is 70.8 Å². The van der Waals surface area contributed by atoms with Crippen molar-refractivity contribution in [3.8, 4) is 11.8 Å². The summed E-state index contributed by atoms with van der Waals surface area (Å²) in [5.74, 6) is 1.92. The summed E-state index contributed by atoms with van der Waals surface area (Å²) < 4.78 is 4.28. The number of nitrogens with zero attached hydrogens (tertiary/aromatic N) is 3. The van der Waals surface area contributed by atoms with Crippen molar-refractivity contribution < 1.29 is 5.11 Å². The first kappa shape index (κ1) is 28.8. The van der Waals surface area contributed by atoms with Crippen LogP contribution < -0.4 is 0 Å². The fourth-order valence-corrected chi connectivity index (χ4v) is 5.70. The number of halogens is 1. The molecule has 1 fully saturated rings. The van der Waals surface area contributed by atoms with Crippen LogP contribution in [0, 0.1) is 23.2 Å². The molecule has 2 atom stereocenters. The zero-order valence-electron chi connectivity index (χ0n) is 23.5. The molecule has 1 heterocycles. The van der Waals surface area contributed by atoms with Crippen LogP contribution in [0.2, 0.25) is 0 Å². The molecule has 0 amide bonds. The van der Waals surface area contributed by atoms with E-state index in [0.717, 1.165) is 53.9 Å². The molecule has 198 valence electrons. The zero-order valence-corrected chi connectivity index (χ0v) is 24.2. The number of phenols is 1. The summed E-state index contributed by atoms with van der Waals surface area (Å²) in [7, 11) is 0. The fraction of sp³-hybridized carbons (Fsp3) is 0.500. The lowest BCUT2D eigenvalue weighted by Crippen LogP contribution is -2.30. The first-order valence-electron chi connectivity index (χ1n) is 13.3. The van der Waals surface area contributed by atoms with Crippen LogP contribution >= 0.6 is 11.8 Å². The zero-order chi connectivity index (χ0) is 27.4. The highest BCUT2D eigenvalue weighted by Crippen LogP contribution is 2.42. The Morgan fingerprint density at radius 1 is 1.11 bits per heavy atom.